The molecule has 3 atom stereocenters. The molecule has 1 fully saturated rings. The Labute approximate surface area is 194 Å². The molecular weight excluding hydrogens is 424 g/mol. The van der Waals surface area contributed by atoms with E-state index in [-0.39, 0.29) is 29.5 Å². The molecule has 9 nitrogen and oxygen atoms in total. The highest BCUT2D eigenvalue weighted by atomic mass is 16.5. The summed E-state index contributed by atoms with van der Waals surface area (Å²) in [5, 5.41) is 5.61. The van der Waals surface area contributed by atoms with Gasteiger partial charge in [0.15, 0.2) is 5.76 Å². The average Bonchev–Trinajstić information content (AvgIpc) is 3.36. The predicted molar refractivity (Wildman–Crippen MR) is 124 cm³/mol. The number of hydrogen-bond donors (Lipinski definition) is 2. The number of benzene rings is 1. The normalized spacial score (nSPS) is 17.8. The number of amides is 4. The van der Waals surface area contributed by atoms with Crippen LogP contribution in [0.15, 0.2) is 47.1 Å². The van der Waals surface area contributed by atoms with Gasteiger partial charge in [-0.2, -0.15) is 0 Å². The lowest BCUT2D eigenvalue weighted by molar-refractivity contribution is -0.136. The van der Waals surface area contributed by atoms with E-state index in [1.807, 2.05) is 20.8 Å². The number of rotatable bonds is 7. The predicted octanol–water partition coefficient (Wildman–Crippen LogP) is 3.20. The summed E-state index contributed by atoms with van der Waals surface area (Å²) in [7, 11) is 1.56. The minimum atomic E-state index is -0.680. The summed E-state index contributed by atoms with van der Waals surface area (Å²) >= 11 is 0. The van der Waals surface area contributed by atoms with Gasteiger partial charge < -0.3 is 29.6 Å². The van der Waals surface area contributed by atoms with Gasteiger partial charge in [0.25, 0.3) is 5.91 Å². The molecule has 2 aromatic rings. The number of furan rings is 1. The fraction of sp³-hybridized carbons (Fsp3) is 0.458. The van der Waals surface area contributed by atoms with Gasteiger partial charge in [0.2, 0.25) is 5.91 Å². The number of urea groups is 1. The summed E-state index contributed by atoms with van der Waals surface area (Å²) in [6.45, 7) is 7.00. The van der Waals surface area contributed by atoms with Crippen molar-refractivity contribution in [3.63, 3.8) is 0 Å². The van der Waals surface area contributed by atoms with E-state index < -0.39 is 12.1 Å². The second kappa shape index (κ2) is 10.9. The van der Waals surface area contributed by atoms with Crippen LogP contribution in [-0.2, 0) is 4.79 Å². The van der Waals surface area contributed by atoms with Crippen LogP contribution in [0.5, 0.6) is 5.75 Å². The number of nitrogens with one attached hydrogen (secondary N) is 2. The Morgan fingerprint density at radius 2 is 2.00 bits per heavy atom. The highest BCUT2D eigenvalue weighted by Crippen LogP contribution is 2.19. The van der Waals surface area contributed by atoms with E-state index in [4.69, 9.17) is 9.15 Å². The first-order valence-electron chi connectivity index (χ1n) is 11.2. The van der Waals surface area contributed by atoms with Crippen LogP contribution in [0.25, 0.3) is 0 Å². The van der Waals surface area contributed by atoms with Crippen LogP contribution in [0.4, 0.5) is 10.5 Å². The highest BCUT2D eigenvalue weighted by molar-refractivity contribution is 5.94. The Bertz CT molecular complexity index is 962. The van der Waals surface area contributed by atoms with E-state index in [2.05, 4.69) is 10.6 Å². The molecule has 33 heavy (non-hydrogen) atoms. The van der Waals surface area contributed by atoms with Gasteiger partial charge in [-0.1, -0.05) is 26.3 Å². The number of ether oxygens (including phenoxy) is 1. The average molecular weight is 457 g/mol. The number of methoxy groups -OCH3 is 1. The van der Waals surface area contributed by atoms with Gasteiger partial charge in [0.1, 0.15) is 11.8 Å². The Kier molecular flexibility index (Phi) is 7.97. The second-order valence-electron chi connectivity index (χ2n) is 8.30. The monoisotopic (exact) mass is 456 g/mol. The summed E-state index contributed by atoms with van der Waals surface area (Å²) in [4.78, 5) is 42.1. The molecule has 4 amide bonds. The lowest BCUT2D eigenvalue weighted by Gasteiger charge is -2.41. The molecule has 0 radical (unpaired) electrons. The van der Waals surface area contributed by atoms with Gasteiger partial charge in [-0.3, -0.25) is 9.59 Å². The second-order valence-corrected chi connectivity index (χ2v) is 8.30. The molecular formula is C24H32N4O5. The van der Waals surface area contributed by atoms with Crippen molar-refractivity contribution < 1.29 is 23.5 Å². The molecule has 1 aliphatic heterocycles. The van der Waals surface area contributed by atoms with Gasteiger partial charge in [-0.25, -0.2) is 4.79 Å². The third-order valence-corrected chi connectivity index (χ3v) is 6.03. The summed E-state index contributed by atoms with van der Waals surface area (Å²) < 4.78 is 10.4. The van der Waals surface area contributed by atoms with Crippen LogP contribution >= 0.6 is 0 Å². The molecule has 3 rings (SSSR count). The third-order valence-electron chi connectivity index (χ3n) is 6.03. The van der Waals surface area contributed by atoms with Crippen molar-refractivity contribution in [3.8, 4) is 5.75 Å². The molecule has 0 bridgehead atoms. The SMILES string of the molecule is CCC(C)C(NC(=O)Nc1cccc(OC)c1)C(=O)N1CCN(C(=O)c2ccco2)C(C)C1. The van der Waals surface area contributed by atoms with Crippen molar-refractivity contribution in [2.24, 2.45) is 5.92 Å². The van der Waals surface area contributed by atoms with Crippen molar-refractivity contribution in [2.45, 2.75) is 39.3 Å². The Balaban J connectivity index is 1.64. The summed E-state index contributed by atoms with van der Waals surface area (Å²) in [6.07, 6.45) is 2.19. The standard InChI is InChI=1S/C24H32N4O5/c1-5-16(2)21(26-24(31)25-18-8-6-9-19(14-18)32-4)23(30)27-11-12-28(17(3)15-27)22(29)20-10-7-13-33-20/h6-10,13-14,16-17,21H,5,11-12,15H2,1-4H3,(H2,25,26,31). The Hall–Kier alpha value is -3.49. The topological polar surface area (TPSA) is 104 Å². The smallest absolute Gasteiger partial charge is 0.319 e. The van der Waals surface area contributed by atoms with Gasteiger partial charge in [-0.05, 0) is 37.1 Å². The number of carbonyl (C=O) groups is 3. The van der Waals surface area contributed by atoms with E-state index in [0.717, 1.165) is 6.42 Å². The van der Waals surface area contributed by atoms with E-state index in [9.17, 15) is 14.4 Å². The van der Waals surface area contributed by atoms with Crippen LogP contribution < -0.4 is 15.4 Å². The number of carbonyl (C=O) groups excluding carboxylic acids is 3. The first-order valence-corrected chi connectivity index (χ1v) is 11.2. The molecule has 2 heterocycles. The summed E-state index contributed by atoms with van der Waals surface area (Å²) in [5.41, 5.74) is 0.570. The largest absolute Gasteiger partial charge is 0.497 e. The molecule has 1 aliphatic rings. The highest BCUT2D eigenvalue weighted by Gasteiger charge is 2.36. The van der Waals surface area contributed by atoms with Crippen molar-refractivity contribution in [1.82, 2.24) is 15.1 Å². The van der Waals surface area contributed by atoms with Crippen LogP contribution in [0, 0.1) is 5.92 Å². The molecule has 1 saturated heterocycles. The number of hydrogen-bond acceptors (Lipinski definition) is 5. The van der Waals surface area contributed by atoms with Crippen molar-refractivity contribution in [1.29, 1.82) is 0 Å². The van der Waals surface area contributed by atoms with Gasteiger partial charge >= 0.3 is 6.03 Å². The van der Waals surface area contributed by atoms with Crippen LogP contribution in [0.1, 0.15) is 37.7 Å². The molecule has 1 aromatic heterocycles. The fourth-order valence-corrected chi connectivity index (χ4v) is 3.89. The third kappa shape index (κ3) is 5.85. The summed E-state index contributed by atoms with van der Waals surface area (Å²) in [5.74, 6) is 0.510. The van der Waals surface area contributed by atoms with Gasteiger partial charge in [-0.15, -0.1) is 0 Å². The first-order chi connectivity index (χ1) is 15.8. The first kappa shape index (κ1) is 24.2. The number of nitrogens with zero attached hydrogens (tertiary/aromatic N) is 2. The van der Waals surface area contributed by atoms with Gasteiger partial charge in [0.05, 0.1) is 13.4 Å². The molecule has 1 aromatic carbocycles. The zero-order valence-corrected chi connectivity index (χ0v) is 19.5. The van der Waals surface area contributed by atoms with E-state index in [0.29, 0.717) is 31.1 Å². The van der Waals surface area contributed by atoms with Crippen molar-refractivity contribution >= 4 is 23.5 Å². The number of anilines is 1. The maximum Gasteiger partial charge on any atom is 0.319 e. The Morgan fingerprint density at radius 3 is 2.64 bits per heavy atom. The maximum absolute atomic E-state index is 13.4. The van der Waals surface area contributed by atoms with E-state index in [1.165, 1.54) is 6.26 Å². The lowest BCUT2D eigenvalue weighted by Crippen LogP contribution is -2.60. The zero-order valence-electron chi connectivity index (χ0n) is 19.5. The van der Waals surface area contributed by atoms with Crippen LogP contribution in [0.2, 0.25) is 0 Å². The maximum atomic E-state index is 13.4. The fourth-order valence-electron chi connectivity index (χ4n) is 3.89. The molecule has 9 heteroatoms. The van der Waals surface area contributed by atoms with E-state index in [1.54, 1.807) is 53.3 Å². The van der Waals surface area contributed by atoms with Crippen LogP contribution in [0.3, 0.4) is 0 Å². The molecule has 3 unspecified atom stereocenters. The quantitative estimate of drug-likeness (QED) is 0.666. The Morgan fingerprint density at radius 1 is 1.21 bits per heavy atom. The van der Waals surface area contributed by atoms with E-state index >= 15 is 0 Å². The van der Waals surface area contributed by atoms with Crippen molar-refractivity contribution in [3.05, 3.63) is 48.4 Å². The lowest BCUT2D eigenvalue weighted by atomic mass is 9.97. The van der Waals surface area contributed by atoms with Crippen LogP contribution in [-0.4, -0.2) is 66.5 Å². The van der Waals surface area contributed by atoms with Crippen molar-refractivity contribution in [2.75, 3.05) is 32.1 Å². The minimum absolute atomic E-state index is 0.0633. The molecule has 0 saturated carbocycles. The van der Waals surface area contributed by atoms with Gasteiger partial charge in [0, 0.05) is 37.4 Å². The molecule has 178 valence electrons. The molecule has 0 spiro atoms. The summed E-state index contributed by atoms with van der Waals surface area (Å²) in [6, 6.07) is 9.01. The minimum Gasteiger partial charge on any atom is -0.497 e. The number of piperazine rings is 1. The molecule has 2 N–H and O–H groups in total. The zero-order chi connectivity index (χ0) is 24.0. The molecule has 0 aliphatic carbocycles.